The van der Waals surface area contributed by atoms with Gasteiger partial charge in [0.25, 0.3) is 0 Å². The van der Waals surface area contributed by atoms with Gasteiger partial charge >= 0.3 is 5.97 Å². The fourth-order valence-corrected chi connectivity index (χ4v) is 1.58. The van der Waals surface area contributed by atoms with Gasteiger partial charge in [-0.25, -0.2) is 4.39 Å². The molecule has 16 heavy (non-hydrogen) atoms. The molecule has 0 spiro atoms. The summed E-state index contributed by atoms with van der Waals surface area (Å²) < 4.78 is 18.5. The lowest BCUT2D eigenvalue weighted by Crippen LogP contribution is -1.98. The molecule has 1 rings (SSSR count). The Labute approximate surface area is 97.8 Å². The summed E-state index contributed by atoms with van der Waals surface area (Å²) in [7, 11) is 1.46. The van der Waals surface area contributed by atoms with E-state index >= 15 is 0 Å². The van der Waals surface area contributed by atoms with Crippen molar-refractivity contribution in [3.63, 3.8) is 0 Å². The van der Waals surface area contributed by atoms with Crippen molar-refractivity contribution in [1.82, 2.24) is 0 Å². The summed E-state index contributed by atoms with van der Waals surface area (Å²) >= 11 is 5.67. The summed E-state index contributed by atoms with van der Waals surface area (Å²) in [5.41, 5.74) is 0.380. The smallest absolute Gasteiger partial charge is 0.303 e. The molecule has 0 aliphatic heterocycles. The largest absolute Gasteiger partial charge is 0.497 e. The molecule has 0 heterocycles. The summed E-state index contributed by atoms with van der Waals surface area (Å²) in [6.07, 6.45) is 0.707. The number of benzene rings is 1. The Balaban J connectivity index is 2.78. The van der Waals surface area contributed by atoms with Crippen LogP contribution in [-0.4, -0.2) is 18.2 Å². The number of carbonyl (C=O) groups is 1. The highest BCUT2D eigenvalue weighted by Crippen LogP contribution is 2.26. The van der Waals surface area contributed by atoms with Crippen molar-refractivity contribution in [2.75, 3.05) is 7.11 Å². The van der Waals surface area contributed by atoms with E-state index in [1.807, 2.05) is 0 Å². The Morgan fingerprint density at radius 3 is 2.81 bits per heavy atom. The van der Waals surface area contributed by atoms with E-state index < -0.39 is 11.8 Å². The Kier molecular flexibility index (Phi) is 4.55. The van der Waals surface area contributed by atoms with Gasteiger partial charge in [0.15, 0.2) is 0 Å². The summed E-state index contributed by atoms with van der Waals surface area (Å²) in [6, 6.07) is 2.92. The van der Waals surface area contributed by atoms with Crippen LogP contribution in [0.5, 0.6) is 5.75 Å². The minimum absolute atomic E-state index is 0.00820. The van der Waals surface area contributed by atoms with Gasteiger partial charge in [-0.3, -0.25) is 4.79 Å². The van der Waals surface area contributed by atoms with Crippen LogP contribution in [0.2, 0.25) is 5.02 Å². The Morgan fingerprint density at radius 1 is 1.56 bits per heavy atom. The van der Waals surface area contributed by atoms with E-state index in [9.17, 15) is 9.18 Å². The van der Waals surface area contributed by atoms with E-state index in [1.54, 1.807) is 0 Å². The normalized spacial score (nSPS) is 10.2. The van der Waals surface area contributed by atoms with Crippen molar-refractivity contribution in [3.05, 3.63) is 28.5 Å². The zero-order valence-corrected chi connectivity index (χ0v) is 9.55. The highest BCUT2D eigenvalue weighted by Gasteiger charge is 2.10. The summed E-state index contributed by atoms with van der Waals surface area (Å²) in [5.74, 6) is -0.931. The van der Waals surface area contributed by atoms with Crippen molar-refractivity contribution < 1.29 is 19.0 Å². The molecular weight excluding hydrogens is 235 g/mol. The van der Waals surface area contributed by atoms with Crippen LogP contribution in [-0.2, 0) is 11.2 Å². The van der Waals surface area contributed by atoms with Crippen LogP contribution in [0, 0.1) is 5.82 Å². The van der Waals surface area contributed by atoms with E-state index in [-0.39, 0.29) is 11.4 Å². The van der Waals surface area contributed by atoms with Crippen LogP contribution in [0.4, 0.5) is 4.39 Å². The third-order valence-corrected chi connectivity index (χ3v) is 2.42. The number of carboxylic acids is 1. The highest BCUT2D eigenvalue weighted by molar-refractivity contribution is 6.30. The average molecular weight is 247 g/mol. The molecule has 1 aromatic rings. The van der Waals surface area contributed by atoms with Crippen molar-refractivity contribution in [1.29, 1.82) is 0 Å². The fourth-order valence-electron chi connectivity index (χ4n) is 1.35. The molecule has 0 aliphatic rings. The first-order chi connectivity index (χ1) is 7.54. The van der Waals surface area contributed by atoms with Gasteiger partial charge in [-0.1, -0.05) is 11.6 Å². The predicted molar refractivity (Wildman–Crippen MR) is 58.5 cm³/mol. The minimum Gasteiger partial charge on any atom is -0.497 e. The molecule has 0 bridgehead atoms. The predicted octanol–water partition coefficient (Wildman–Crippen LogP) is 2.90. The van der Waals surface area contributed by atoms with Crippen LogP contribution < -0.4 is 4.74 Å². The lowest BCUT2D eigenvalue weighted by Gasteiger charge is -2.07. The second-order valence-corrected chi connectivity index (χ2v) is 3.74. The van der Waals surface area contributed by atoms with Crippen LogP contribution in [0.25, 0.3) is 0 Å². The average Bonchev–Trinajstić information content (AvgIpc) is 2.23. The molecule has 1 aromatic carbocycles. The Morgan fingerprint density at radius 2 is 2.25 bits per heavy atom. The molecule has 0 aromatic heterocycles. The van der Waals surface area contributed by atoms with Gasteiger partial charge in [0.2, 0.25) is 0 Å². The van der Waals surface area contributed by atoms with Gasteiger partial charge in [-0.05, 0) is 24.5 Å². The molecule has 0 radical (unpaired) electrons. The quantitative estimate of drug-likeness (QED) is 0.869. The van der Waals surface area contributed by atoms with Gasteiger partial charge in [0.05, 0.1) is 12.1 Å². The SMILES string of the molecule is COc1cc(Cl)c(F)c(CCCC(=O)O)c1. The molecule has 0 amide bonds. The number of hydrogen-bond acceptors (Lipinski definition) is 2. The number of aryl methyl sites for hydroxylation is 1. The number of carboxylic acid groups (broad SMARTS) is 1. The number of halogens is 2. The standard InChI is InChI=1S/C11H12ClFO3/c1-16-8-5-7(3-2-4-10(14)15)11(13)9(12)6-8/h5-6H,2-4H2,1H3,(H,14,15). The van der Waals surface area contributed by atoms with Crippen molar-refractivity contribution >= 4 is 17.6 Å². The molecular formula is C11H12ClFO3. The maximum atomic E-state index is 13.5. The molecule has 0 saturated heterocycles. The zero-order valence-electron chi connectivity index (χ0n) is 8.80. The van der Waals surface area contributed by atoms with Crippen molar-refractivity contribution in [3.8, 4) is 5.75 Å². The van der Waals surface area contributed by atoms with Crippen LogP contribution in [0.3, 0.4) is 0 Å². The number of aliphatic carboxylic acids is 1. The van der Waals surface area contributed by atoms with Gasteiger partial charge in [0, 0.05) is 12.5 Å². The first-order valence-corrected chi connectivity index (χ1v) is 5.16. The molecule has 3 nitrogen and oxygen atoms in total. The Bertz CT molecular complexity index is 393. The molecule has 5 heteroatoms. The third kappa shape index (κ3) is 3.38. The molecule has 1 N–H and O–H groups in total. The topological polar surface area (TPSA) is 46.5 Å². The number of hydrogen-bond donors (Lipinski definition) is 1. The second-order valence-electron chi connectivity index (χ2n) is 3.33. The summed E-state index contributed by atoms with van der Waals surface area (Å²) in [5, 5.41) is 8.46. The van der Waals surface area contributed by atoms with Gasteiger partial charge in [0.1, 0.15) is 11.6 Å². The van der Waals surface area contributed by atoms with Crippen molar-refractivity contribution in [2.45, 2.75) is 19.3 Å². The highest BCUT2D eigenvalue weighted by atomic mass is 35.5. The molecule has 0 unspecified atom stereocenters. The van der Waals surface area contributed by atoms with Crippen LogP contribution >= 0.6 is 11.6 Å². The van der Waals surface area contributed by atoms with E-state index in [1.165, 1.54) is 19.2 Å². The molecule has 0 fully saturated rings. The first-order valence-electron chi connectivity index (χ1n) is 4.78. The maximum absolute atomic E-state index is 13.5. The lowest BCUT2D eigenvalue weighted by atomic mass is 10.1. The lowest BCUT2D eigenvalue weighted by molar-refractivity contribution is -0.137. The van der Waals surface area contributed by atoms with Gasteiger partial charge < -0.3 is 9.84 Å². The molecule has 0 atom stereocenters. The van der Waals surface area contributed by atoms with E-state index in [4.69, 9.17) is 21.4 Å². The molecule has 0 saturated carbocycles. The van der Waals surface area contributed by atoms with Crippen molar-refractivity contribution in [2.24, 2.45) is 0 Å². The maximum Gasteiger partial charge on any atom is 0.303 e. The zero-order chi connectivity index (χ0) is 12.1. The molecule has 88 valence electrons. The Hall–Kier alpha value is -1.29. The number of rotatable bonds is 5. The number of methoxy groups -OCH3 is 1. The van der Waals surface area contributed by atoms with E-state index in [2.05, 4.69) is 0 Å². The second kappa shape index (κ2) is 5.70. The van der Waals surface area contributed by atoms with E-state index in [0.29, 0.717) is 24.2 Å². The molecule has 0 aliphatic carbocycles. The van der Waals surface area contributed by atoms with Crippen LogP contribution in [0.1, 0.15) is 18.4 Å². The third-order valence-electron chi connectivity index (χ3n) is 2.15. The monoisotopic (exact) mass is 246 g/mol. The summed E-state index contributed by atoms with van der Waals surface area (Å²) in [6.45, 7) is 0. The van der Waals surface area contributed by atoms with Gasteiger partial charge in [-0.2, -0.15) is 0 Å². The van der Waals surface area contributed by atoms with E-state index in [0.717, 1.165) is 0 Å². The van der Waals surface area contributed by atoms with Gasteiger partial charge in [-0.15, -0.1) is 0 Å². The summed E-state index contributed by atoms with van der Waals surface area (Å²) in [4.78, 5) is 10.3. The first kappa shape index (κ1) is 12.8. The minimum atomic E-state index is -0.894. The number of ether oxygens (including phenoxy) is 1. The van der Waals surface area contributed by atoms with Crippen LogP contribution in [0.15, 0.2) is 12.1 Å². The fraction of sp³-hybridized carbons (Fsp3) is 0.364.